The van der Waals surface area contributed by atoms with Crippen LogP contribution in [0.3, 0.4) is 0 Å². The summed E-state index contributed by atoms with van der Waals surface area (Å²) < 4.78 is 0. The van der Waals surface area contributed by atoms with Gasteiger partial charge in [0.05, 0.1) is 11.2 Å². The van der Waals surface area contributed by atoms with Crippen molar-refractivity contribution < 1.29 is 9.59 Å². The molecule has 0 radical (unpaired) electrons. The van der Waals surface area contributed by atoms with Crippen molar-refractivity contribution in [3.8, 4) is 10.6 Å². The number of amides is 1. The van der Waals surface area contributed by atoms with E-state index in [-0.39, 0.29) is 11.7 Å². The smallest absolute Gasteiger partial charge is 0.237 e. The fraction of sp³-hybridized carbons (Fsp3) is 0.450. The highest BCUT2D eigenvalue weighted by Gasteiger charge is 2.54. The zero-order chi connectivity index (χ0) is 17.6. The van der Waals surface area contributed by atoms with Gasteiger partial charge in [0.1, 0.15) is 10.9 Å². The van der Waals surface area contributed by atoms with E-state index >= 15 is 0 Å². The average molecular weight is 354 g/mol. The van der Waals surface area contributed by atoms with Gasteiger partial charge >= 0.3 is 0 Å². The zero-order valence-corrected chi connectivity index (χ0v) is 15.4. The third kappa shape index (κ3) is 2.71. The van der Waals surface area contributed by atoms with Crippen molar-refractivity contribution in [1.82, 2.24) is 10.3 Å². The number of thiazole rings is 1. The molecule has 2 aromatic rings. The lowest BCUT2D eigenvalue weighted by molar-refractivity contribution is -0.125. The van der Waals surface area contributed by atoms with Gasteiger partial charge in [-0.05, 0) is 26.7 Å². The van der Waals surface area contributed by atoms with Gasteiger partial charge in [-0.1, -0.05) is 49.1 Å². The van der Waals surface area contributed by atoms with Gasteiger partial charge in [-0.15, -0.1) is 11.3 Å². The molecule has 1 saturated heterocycles. The van der Waals surface area contributed by atoms with E-state index in [4.69, 9.17) is 4.98 Å². The number of carbonyl (C=O) groups excluding carboxylic acids is 2. The average Bonchev–Trinajstić information content (AvgIpc) is 3.07. The van der Waals surface area contributed by atoms with Crippen molar-refractivity contribution in [3.05, 3.63) is 40.4 Å². The van der Waals surface area contributed by atoms with E-state index in [1.54, 1.807) is 11.3 Å². The van der Waals surface area contributed by atoms with E-state index in [0.717, 1.165) is 47.6 Å². The predicted octanol–water partition coefficient (Wildman–Crippen LogP) is 3.91. The van der Waals surface area contributed by atoms with Crippen LogP contribution < -0.4 is 5.32 Å². The molecule has 1 N–H and O–H groups in total. The topological polar surface area (TPSA) is 59.1 Å². The highest BCUT2D eigenvalue weighted by atomic mass is 32.1. The van der Waals surface area contributed by atoms with Crippen molar-refractivity contribution in [2.24, 2.45) is 0 Å². The Morgan fingerprint density at radius 3 is 2.44 bits per heavy atom. The van der Waals surface area contributed by atoms with Crippen LogP contribution in [-0.4, -0.2) is 22.2 Å². The number of hydrogen-bond acceptors (Lipinski definition) is 4. The summed E-state index contributed by atoms with van der Waals surface area (Å²) in [5.74, 6) is -0.884. The third-order valence-corrected chi connectivity index (χ3v) is 6.51. The number of carbonyl (C=O) groups is 2. The molecule has 1 spiro atoms. The lowest BCUT2D eigenvalue weighted by atomic mass is 9.77. The maximum absolute atomic E-state index is 13.1. The first-order chi connectivity index (χ1) is 12.0. The molecule has 1 saturated carbocycles. The number of ketones is 1. The Labute approximate surface area is 151 Å². The second-order valence-electron chi connectivity index (χ2n) is 7.26. The van der Waals surface area contributed by atoms with Gasteiger partial charge in [-0.2, -0.15) is 0 Å². The van der Waals surface area contributed by atoms with Gasteiger partial charge in [-0.3, -0.25) is 9.59 Å². The SMILES string of the molecule is Cc1ccc(-c2nc(C3C(=O)NC4(CCCCC4)C3=O)c(C)s2)cc1. The quantitative estimate of drug-likeness (QED) is 0.832. The van der Waals surface area contributed by atoms with Gasteiger partial charge in [0.25, 0.3) is 0 Å². The minimum absolute atomic E-state index is 0.0288. The van der Waals surface area contributed by atoms with Crippen LogP contribution in [0, 0.1) is 13.8 Å². The van der Waals surface area contributed by atoms with Gasteiger partial charge in [0.15, 0.2) is 5.78 Å². The van der Waals surface area contributed by atoms with Crippen LogP contribution >= 0.6 is 11.3 Å². The van der Waals surface area contributed by atoms with Crippen molar-refractivity contribution in [1.29, 1.82) is 0 Å². The number of nitrogens with one attached hydrogen (secondary N) is 1. The summed E-state index contributed by atoms with van der Waals surface area (Å²) in [6.45, 7) is 4.00. The molecule has 2 heterocycles. The number of Topliss-reactive ketones (excluding diaryl/α,β-unsaturated/α-hetero) is 1. The summed E-state index contributed by atoms with van der Waals surface area (Å²) in [7, 11) is 0. The Morgan fingerprint density at radius 2 is 1.76 bits per heavy atom. The maximum Gasteiger partial charge on any atom is 0.237 e. The summed E-state index contributed by atoms with van der Waals surface area (Å²) >= 11 is 1.56. The summed E-state index contributed by atoms with van der Waals surface area (Å²) in [5.41, 5.74) is 2.23. The molecule has 2 aliphatic rings. The van der Waals surface area contributed by atoms with Crippen molar-refractivity contribution in [3.63, 3.8) is 0 Å². The van der Waals surface area contributed by atoms with Gasteiger partial charge in [0.2, 0.25) is 5.91 Å². The van der Waals surface area contributed by atoms with Crippen LogP contribution in [0.25, 0.3) is 10.6 Å². The Kier molecular flexibility index (Phi) is 3.99. The van der Waals surface area contributed by atoms with Crippen LogP contribution in [0.5, 0.6) is 0 Å². The summed E-state index contributed by atoms with van der Waals surface area (Å²) in [5, 5.41) is 3.90. The lowest BCUT2D eigenvalue weighted by Gasteiger charge is -2.31. The van der Waals surface area contributed by atoms with Crippen LogP contribution in [0.4, 0.5) is 0 Å². The van der Waals surface area contributed by atoms with Gasteiger partial charge < -0.3 is 5.32 Å². The highest BCUT2D eigenvalue weighted by molar-refractivity contribution is 7.15. The van der Waals surface area contributed by atoms with Crippen LogP contribution in [0.15, 0.2) is 24.3 Å². The van der Waals surface area contributed by atoms with Crippen molar-refractivity contribution >= 4 is 23.0 Å². The van der Waals surface area contributed by atoms with Gasteiger partial charge in [-0.25, -0.2) is 4.98 Å². The Morgan fingerprint density at radius 1 is 1.08 bits per heavy atom. The lowest BCUT2D eigenvalue weighted by Crippen LogP contribution is -2.47. The second-order valence-corrected chi connectivity index (χ2v) is 8.46. The van der Waals surface area contributed by atoms with E-state index < -0.39 is 11.5 Å². The van der Waals surface area contributed by atoms with Crippen molar-refractivity contribution in [2.75, 3.05) is 0 Å². The van der Waals surface area contributed by atoms with E-state index in [1.165, 1.54) is 5.56 Å². The number of hydrogen-bond donors (Lipinski definition) is 1. The molecular formula is C20H22N2O2S. The number of aromatic nitrogens is 1. The minimum atomic E-state index is -0.742. The van der Waals surface area contributed by atoms with Crippen LogP contribution in [-0.2, 0) is 9.59 Å². The fourth-order valence-electron chi connectivity index (χ4n) is 4.04. The van der Waals surface area contributed by atoms with Crippen LogP contribution in [0.2, 0.25) is 0 Å². The second kappa shape index (κ2) is 6.06. The van der Waals surface area contributed by atoms with Gasteiger partial charge in [0, 0.05) is 10.4 Å². The Bertz CT molecular complexity index is 832. The Hall–Kier alpha value is -2.01. The predicted molar refractivity (Wildman–Crippen MR) is 98.7 cm³/mol. The number of nitrogens with zero attached hydrogens (tertiary/aromatic N) is 1. The zero-order valence-electron chi connectivity index (χ0n) is 14.6. The van der Waals surface area contributed by atoms with E-state index in [0.29, 0.717) is 5.69 Å². The highest BCUT2D eigenvalue weighted by Crippen LogP contribution is 2.41. The van der Waals surface area contributed by atoms with Crippen LogP contribution in [0.1, 0.15) is 54.2 Å². The first-order valence-corrected chi connectivity index (χ1v) is 9.72. The normalized spacial score (nSPS) is 22.4. The molecule has 0 bridgehead atoms. The fourth-order valence-corrected chi connectivity index (χ4v) is 4.99. The standard InChI is InChI=1S/C20H22N2O2S/c1-12-6-8-14(9-7-12)19-21-16(13(2)25-19)15-17(23)20(22-18(15)24)10-4-3-5-11-20/h6-9,15H,3-5,10-11H2,1-2H3,(H,22,24). The molecule has 2 fully saturated rings. The molecule has 1 aromatic carbocycles. The molecule has 25 heavy (non-hydrogen) atoms. The summed E-state index contributed by atoms with van der Waals surface area (Å²) in [4.78, 5) is 31.4. The molecule has 4 nitrogen and oxygen atoms in total. The molecular weight excluding hydrogens is 332 g/mol. The molecule has 1 aromatic heterocycles. The molecule has 1 unspecified atom stereocenters. The molecule has 4 rings (SSSR count). The molecule has 1 aliphatic carbocycles. The first-order valence-electron chi connectivity index (χ1n) is 8.91. The minimum Gasteiger partial charge on any atom is -0.343 e. The van der Waals surface area contributed by atoms with E-state index in [2.05, 4.69) is 17.4 Å². The van der Waals surface area contributed by atoms with E-state index in [1.807, 2.05) is 26.0 Å². The molecule has 1 atom stereocenters. The third-order valence-electron chi connectivity index (χ3n) is 5.47. The number of benzene rings is 1. The van der Waals surface area contributed by atoms with Crippen molar-refractivity contribution in [2.45, 2.75) is 57.4 Å². The maximum atomic E-state index is 13.1. The molecule has 1 amide bonds. The summed E-state index contributed by atoms with van der Waals surface area (Å²) in [6.07, 6.45) is 4.68. The number of rotatable bonds is 2. The summed E-state index contributed by atoms with van der Waals surface area (Å²) in [6, 6.07) is 8.18. The largest absolute Gasteiger partial charge is 0.343 e. The first kappa shape index (κ1) is 16.5. The molecule has 1 aliphatic heterocycles. The molecule has 5 heteroatoms. The van der Waals surface area contributed by atoms with E-state index in [9.17, 15) is 9.59 Å². The monoisotopic (exact) mass is 354 g/mol. The number of aryl methyl sites for hydroxylation is 2. The molecule has 130 valence electrons. The Balaban J connectivity index is 1.69.